The second kappa shape index (κ2) is 4.71. The van der Waals surface area contributed by atoms with Gasteiger partial charge in [-0.3, -0.25) is 0 Å². The lowest BCUT2D eigenvalue weighted by molar-refractivity contribution is -0.119. The normalized spacial score (nSPS) is 11.5. The zero-order valence-corrected chi connectivity index (χ0v) is 4.60. The van der Waals surface area contributed by atoms with Gasteiger partial charge in [0, 0.05) is 0 Å². The van der Waals surface area contributed by atoms with Crippen LogP contribution in [0, 0.1) is 0 Å². The topological polar surface area (TPSA) is 9.23 Å². The fourth-order valence-corrected chi connectivity index (χ4v) is 0.225. The van der Waals surface area contributed by atoms with Gasteiger partial charge in [-0.1, -0.05) is 12.2 Å². The standard InChI is InChI=1S/C5H8F2O/c1-2-3-4-8-5(6)7/h2-3,5H,4H2,1H3/b3-2-. The van der Waals surface area contributed by atoms with Crippen molar-refractivity contribution in [2.45, 2.75) is 13.5 Å². The fraction of sp³-hybridized carbons (Fsp3) is 0.600. The summed E-state index contributed by atoms with van der Waals surface area (Å²) >= 11 is 0. The lowest BCUT2D eigenvalue weighted by atomic mass is 10.6. The molecule has 0 bridgehead atoms. The first-order chi connectivity index (χ1) is 3.77. The summed E-state index contributed by atoms with van der Waals surface area (Å²) in [6, 6.07) is 0. The highest BCUT2D eigenvalue weighted by Crippen LogP contribution is 1.92. The van der Waals surface area contributed by atoms with Gasteiger partial charge in [-0.25, -0.2) is 0 Å². The summed E-state index contributed by atoms with van der Waals surface area (Å²) in [5.74, 6) is 0. The third-order valence-corrected chi connectivity index (χ3v) is 0.554. The summed E-state index contributed by atoms with van der Waals surface area (Å²) < 4.78 is 26.1. The van der Waals surface area contributed by atoms with Gasteiger partial charge in [0.05, 0.1) is 6.61 Å². The van der Waals surface area contributed by atoms with E-state index in [1.807, 2.05) is 0 Å². The Kier molecular flexibility index (Phi) is 4.45. The van der Waals surface area contributed by atoms with Crippen LogP contribution in [0.15, 0.2) is 12.2 Å². The maximum atomic E-state index is 11.1. The van der Waals surface area contributed by atoms with Crippen molar-refractivity contribution in [3.8, 4) is 0 Å². The Balaban J connectivity index is 2.93. The maximum absolute atomic E-state index is 11.1. The van der Waals surface area contributed by atoms with E-state index in [2.05, 4.69) is 4.74 Å². The highest BCUT2D eigenvalue weighted by molar-refractivity contribution is 4.75. The molecule has 0 fully saturated rings. The molecule has 0 aliphatic heterocycles. The van der Waals surface area contributed by atoms with Gasteiger partial charge < -0.3 is 4.74 Å². The predicted octanol–water partition coefficient (Wildman–Crippen LogP) is 1.80. The number of rotatable bonds is 3. The van der Waals surface area contributed by atoms with Gasteiger partial charge in [0.25, 0.3) is 0 Å². The number of alkyl halides is 2. The fourth-order valence-electron chi connectivity index (χ4n) is 0.225. The quantitative estimate of drug-likeness (QED) is 0.518. The van der Waals surface area contributed by atoms with Crippen molar-refractivity contribution in [2.24, 2.45) is 0 Å². The maximum Gasteiger partial charge on any atom is 0.345 e. The van der Waals surface area contributed by atoms with E-state index in [9.17, 15) is 8.78 Å². The molecule has 0 saturated heterocycles. The smallest absolute Gasteiger partial charge is 0.319 e. The van der Waals surface area contributed by atoms with Crippen LogP contribution >= 0.6 is 0 Å². The zero-order valence-electron chi connectivity index (χ0n) is 4.60. The summed E-state index contributed by atoms with van der Waals surface area (Å²) in [5.41, 5.74) is 0. The van der Waals surface area contributed by atoms with Gasteiger partial charge in [-0.15, -0.1) is 0 Å². The van der Waals surface area contributed by atoms with Crippen LogP contribution in [0.25, 0.3) is 0 Å². The summed E-state index contributed by atoms with van der Waals surface area (Å²) in [4.78, 5) is 0. The molecule has 0 aliphatic rings. The van der Waals surface area contributed by atoms with Gasteiger partial charge in [0.2, 0.25) is 0 Å². The van der Waals surface area contributed by atoms with Crippen LogP contribution in [0.2, 0.25) is 0 Å². The second-order valence-corrected chi connectivity index (χ2v) is 1.16. The van der Waals surface area contributed by atoms with Gasteiger partial charge in [0.15, 0.2) is 0 Å². The number of ether oxygens (including phenoxy) is 1. The molecule has 0 aromatic rings. The predicted molar refractivity (Wildman–Crippen MR) is 26.8 cm³/mol. The zero-order chi connectivity index (χ0) is 6.41. The second-order valence-electron chi connectivity index (χ2n) is 1.16. The van der Waals surface area contributed by atoms with E-state index in [1.165, 1.54) is 6.08 Å². The molecule has 0 amide bonds. The van der Waals surface area contributed by atoms with Crippen LogP contribution in [0.5, 0.6) is 0 Å². The Morgan fingerprint density at radius 3 is 2.62 bits per heavy atom. The highest BCUT2D eigenvalue weighted by atomic mass is 19.3. The van der Waals surface area contributed by atoms with Crippen molar-refractivity contribution >= 4 is 0 Å². The Labute approximate surface area is 47.0 Å². The van der Waals surface area contributed by atoms with Gasteiger partial charge in [-0.2, -0.15) is 8.78 Å². The number of halogens is 2. The summed E-state index contributed by atoms with van der Waals surface area (Å²) in [6.07, 6.45) is 3.18. The van der Waals surface area contributed by atoms with E-state index in [0.29, 0.717) is 0 Å². The van der Waals surface area contributed by atoms with Gasteiger partial charge in [0.1, 0.15) is 0 Å². The van der Waals surface area contributed by atoms with Crippen LogP contribution in [0.1, 0.15) is 6.92 Å². The van der Waals surface area contributed by atoms with E-state index >= 15 is 0 Å². The Hall–Kier alpha value is -0.440. The molecule has 3 heteroatoms. The molecule has 1 nitrogen and oxygen atoms in total. The molecule has 0 N–H and O–H groups in total. The van der Waals surface area contributed by atoms with Gasteiger partial charge in [-0.05, 0) is 6.92 Å². The third kappa shape index (κ3) is 5.56. The minimum Gasteiger partial charge on any atom is -0.319 e. The van der Waals surface area contributed by atoms with E-state index < -0.39 is 6.61 Å². The average Bonchev–Trinajstić information content (AvgIpc) is 1.66. The molecule has 0 unspecified atom stereocenters. The first kappa shape index (κ1) is 7.56. The first-order valence-electron chi connectivity index (χ1n) is 2.28. The van der Waals surface area contributed by atoms with Crippen LogP contribution in [-0.4, -0.2) is 13.2 Å². The van der Waals surface area contributed by atoms with Gasteiger partial charge >= 0.3 is 6.61 Å². The number of hydrogen-bond donors (Lipinski definition) is 0. The molecule has 0 heterocycles. The van der Waals surface area contributed by atoms with Crippen LogP contribution < -0.4 is 0 Å². The average molecular weight is 122 g/mol. The minimum atomic E-state index is -2.65. The number of hydrogen-bond acceptors (Lipinski definition) is 1. The van der Waals surface area contributed by atoms with E-state index in [1.54, 1.807) is 13.0 Å². The summed E-state index contributed by atoms with van der Waals surface area (Å²) in [6.45, 7) is -0.908. The lowest BCUT2D eigenvalue weighted by Crippen LogP contribution is -1.97. The summed E-state index contributed by atoms with van der Waals surface area (Å²) in [5, 5.41) is 0. The largest absolute Gasteiger partial charge is 0.345 e. The van der Waals surface area contributed by atoms with E-state index in [4.69, 9.17) is 0 Å². The number of allylic oxidation sites excluding steroid dienone is 1. The summed E-state index contributed by atoms with van der Waals surface area (Å²) in [7, 11) is 0. The van der Waals surface area contributed by atoms with Crippen molar-refractivity contribution < 1.29 is 13.5 Å². The molecule has 8 heavy (non-hydrogen) atoms. The molecule has 0 aromatic heterocycles. The van der Waals surface area contributed by atoms with E-state index in [0.717, 1.165) is 0 Å². The third-order valence-electron chi connectivity index (χ3n) is 0.554. The van der Waals surface area contributed by atoms with E-state index in [-0.39, 0.29) is 6.61 Å². The molecule has 0 saturated carbocycles. The first-order valence-corrected chi connectivity index (χ1v) is 2.28. The molecule has 0 spiro atoms. The molecule has 48 valence electrons. The molecule has 0 atom stereocenters. The van der Waals surface area contributed by atoms with Crippen LogP contribution in [-0.2, 0) is 4.74 Å². The molecule has 0 rings (SSSR count). The Morgan fingerprint density at radius 2 is 2.25 bits per heavy atom. The van der Waals surface area contributed by atoms with Crippen molar-refractivity contribution in [1.82, 2.24) is 0 Å². The molecular weight excluding hydrogens is 114 g/mol. The molecular formula is C5H8F2O. The van der Waals surface area contributed by atoms with Crippen molar-refractivity contribution in [2.75, 3.05) is 6.61 Å². The molecule has 0 radical (unpaired) electrons. The molecule has 0 aromatic carbocycles. The lowest BCUT2D eigenvalue weighted by Gasteiger charge is -1.94. The van der Waals surface area contributed by atoms with Crippen LogP contribution in [0.4, 0.5) is 8.78 Å². The van der Waals surface area contributed by atoms with Crippen molar-refractivity contribution in [3.05, 3.63) is 12.2 Å². The van der Waals surface area contributed by atoms with Crippen molar-refractivity contribution in [1.29, 1.82) is 0 Å². The van der Waals surface area contributed by atoms with Crippen molar-refractivity contribution in [3.63, 3.8) is 0 Å². The Bertz CT molecular complexity index is 70.8. The SMILES string of the molecule is C/C=C\COC(F)F. The monoisotopic (exact) mass is 122 g/mol. The molecule has 0 aliphatic carbocycles. The Morgan fingerprint density at radius 1 is 1.62 bits per heavy atom. The minimum absolute atomic E-state index is 0.00579. The highest BCUT2D eigenvalue weighted by Gasteiger charge is 1.96. The van der Waals surface area contributed by atoms with Crippen LogP contribution in [0.3, 0.4) is 0 Å².